The van der Waals surface area contributed by atoms with Gasteiger partial charge in [-0.05, 0) is 84.9 Å². The molecule has 0 heterocycles. The minimum Gasteiger partial charge on any atom is -0.366 e. The fourth-order valence-corrected chi connectivity index (χ4v) is 5.31. The summed E-state index contributed by atoms with van der Waals surface area (Å²) in [6.45, 7) is 4.17. The highest BCUT2D eigenvalue weighted by Crippen LogP contribution is 2.49. The number of rotatable bonds is 7. The van der Waals surface area contributed by atoms with Crippen LogP contribution in [0.2, 0.25) is 0 Å². The summed E-state index contributed by atoms with van der Waals surface area (Å²) in [5.74, 6) is 2.67. The molecule has 3 N–H and O–H groups in total. The molecule has 0 spiro atoms. The molecule has 2 aliphatic carbocycles. The molecule has 3 atom stereocenters. The normalized spacial score (nSPS) is 23.7. The molecular weight excluding hydrogens is 344 g/mol. The molecule has 2 fully saturated rings. The molecule has 28 heavy (non-hydrogen) atoms. The molecular formula is C25H32N2O. The molecule has 2 aromatic carbocycles. The number of benzene rings is 2. The van der Waals surface area contributed by atoms with E-state index < -0.39 is 0 Å². The molecule has 0 aromatic heterocycles. The molecule has 0 radical (unpaired) electrons. The summed E-state index contributed by atoms with van der Waals surface area (Å²) in [6, 6.07) is 14.2. The van der Waals surface area contributed by atoms with E-state index in [1.165, 1.54) is 49.7 Å². The average molecular weight is 377 g/mol. The number of nitrogens with two attached hydrogens (primary N) is 1. The highest BCUT2D eigenvalue weighted by atomic mass is 16.1. The van der Waals surface area contributed by atoms with Gasteiger partial charge in [0.2, 0.25) is 5.91 Å². The Morgan fingerprint density at radius 3 is 2.75 bits per heavy atom. The monoisotopic (exact) mass is 376 g/mol. The fraction of sp³-hybridized carbons (Fsp3) is 0.480. The van der Waals surface area contributed by atoms with Crippen LogP contribution in [0, 0.1) is 24.7 Å². The summed E-state index contributed by atoms with van der Waals surface area (Å²) < 4.78 is 0. The number of fused-ring (bicyclic) bond motifs is 1. The van der Waals surface area contributed by atoms with Gasteiger partial charge in [-0.25, -0.2) is 0 Å². The predicted molar refractivity (Wildman–Crippen MR) is 115 cm³/mol. The van der Waals surface area contributed by atoms with Crippen LogP contribution in [0.3, 0.4) is 0 Å². The lowest BCUT2D eigenvalue weighted by Crippen LogP contribution is -2.37. The first-order chi connectivity index (χ1) is 13.6. The number of carbonyl (C=O) groups is 1. The Morgan fingerprint density at radius 1 is 1.11 bits per heavy atom. The van der Waals surface area contributed by atoms with Gasteiger partial charge in [0, 0.05) is 12.1 Å². The van der Waals surface area contributed by atoms with Gasteiger partial charge in [0.15, 0.2) is 0 Å². The Kier molecular flexibility index (Phi) is 5.82. The van der Waals surface area contributed by atoms with E-state index in [0.717, 1.165) is 42.0 Å². The van der Waals surface area contributed by atoms with Crippen molar-refractivity contribution in [3.63, 3.8) is 0 Å². The van der Waals surface area contributed by atoms with Crippen molar-refractivity contribution < 1.29 is 4.79 Å². The first-order valence-electron chi connectivity index (χ1n) is 10.8. The van der Waals surface area contributed by atoms with E-state index in [1.54, 1.807) is 6.07 Å². The molecule has 3 heteroatoms. The number of primary amides is 1. The van der Waals surface area contributed by atoms with Crippen LogP contribution in [-0.4, -0.2) is 12.5 Å². The van der Waals surface area contributed by atoms with Crippen molar-refractivity contribution in [3.8, 4) is 11.1 Å². The van der Waals surface area contributed by atoms with Crippen molar-refractivity contribution in [1.82, 2.24) is 5.32 Å². The highest BCUT2D eigenvalue weighted by molar-refractivity contribution is 5.94. The van der Waals surface area contributed by atoms with E-state index in [1.807, 2.05) is 18.2 Å². The molecule has 2 aliphatic rings. The average Bonchev–Trinajstić information content (AvgIpc) is 2.66. The van der Waals surface area contributed by atoms with Crippen molar-refractivity contribution in [3.05, 3.63) is 59.2 Å². The van der Waals surface area contributed by atoms with E-state index in [9.17, 15) is 4.79 Å². The summed E-state index contributed by atoms with van der Waals surface area (Å²) in [7, 11) is 0. The highest BCUT2D eigenvalue weighted by Gasteiger charge is 2.38. The molecule has 1 amide bonds. The van der Waals surface area contributed by atoms with E-state index in [2.05, 4.69) is 30.4 Å². The second kappa shape index (κ2) is 8.48. The van der Waals surface area contributed by atoms with E-state index >= 15 is 0 Å². The third-order valence-corrected chi connectivity index (χ3v) is 7.00. The smallest absolute Gasteiger partial charge is 0.248 e. The number of carbonyl (C=O) groups excluding carboxylic acids is 1. The molecule has 2 aromatic rings. The zero-order valence-electron chi connectivity index (χ0n) is 16.9. The van der Waals surface area contributed by atoms with Crippen LogP contribution >= 0.6 is 0 Å². The van der Waals surface area contributed by atoms with Crippen LogP contribution in [0.1, 0.15) is 60.0 Å². The molecule has 0 aliphatic heterocycles. The van der Waals surface area contributed by atoms with Gasteiger partial charge in [-0.2, -0.15) is 0 Å². The van der Waals surface area contributed by atoms with E-state index in [0.29, 0.717) is 5.56 Å². The predicted octanol–water partition coefficient (Wildman–Crippen LogP) is 5.07. The summed E-state index contributed by atoms with van der Waals surface area (Å²) in [4.78, 5) is 11.4. The molecule has 148 valence electrons. The van der Waals surface area contributed by atoms with E-state index in [-0.39, 0.29) is 5.91 Å². The quantitative estimate of drug-likeness (QED) is 0.663. The summed E-state index contributed by atoms with van der Waals surface area (Å²) in [5, 5.41) is 3.66. The maximum Gasteiger partial charge on any atom is 0.248 e. The SMILES string of the molecule is Cc1cc(CNCCC2CCCC3CCC23)ccc1-c1cccc(C(N)=O)c1. The van der Waals surface area contributed by atoms with Crippen LogP contribution in [0.25, 0.3) is 11.1 Å². The molecule has 0 bridgehead atoms. The number of nitrogens with one attached hydrogen (secondary N) is 1. The molecule has 3 unspecified atom stereocenters. The Morgan fingerprint density at radius 2 is 2.00 bits per heavy atom. The zero-order chi connectivity index (χ0) is 19.5. The second-order valence-corrected chi connectivity index (χ2v) is 8.75. The van der Waals surface area contributed by atoms with Crippen LogP contribution in [0.5, 0.6) is 0 Å². The third kappa shape index (κ3) is 4.15. The summed E-state index contributed by atoms with van der Waals surface area (Å²) in [6.07, 6.45) is 8.68. The zero-order valence-corrected chi connectivity index (χ0v) is 16.9. The van der Waals surface area contributed by atoms with E-state index in [4.69, 9.17) is 5.73 Å². The lowest BCUT2D eigenvalue weighted by molar-refractivity contribution is 0.0481. The Hall–Kier alpha value is -2.13. The molecule has 3 nitrogen and oxygen atoms in total. The van der Waals surface area contributed by atoms with Gasteiger partial charge in [0.25, 0.3) is 0 Å². The van der Waals surface area contributed by atoms with Crippen LogP contribution in [0.4, 0.5) is 0 Å². The van der Waals surface area contributed by atoms with Gasteiger partial charge in [-0.3, -0.25) is 4.79 Å². The minimum absolute atomic E-state index is 0.383. The number of aryl methyl sites for hydroxylation is 1. The minimum atomic E-state index is -0.383. The second-order valence-electron chi connectivity index (χ2n) is 8.75. The van der Waals surface area contributed by atoms with Gasteiger partial charge in [-0.15, -0.1) is 0 Å². The lowest BCUT2D eigenvalue weighted by atomic mass is 9.60. The van der Waals surface area contributed by atoms with Crippen molar-refractivity contribution in [2.45, 2.75) is 52.0 Å². The standard InChI is InChI=1S/C25H32N2O/c1-17-14-18(8-10-23(17)21-6-3-7-22(15-21)25(26)28)16-27-13-12-20-5-2-4-19-9-11-24(19)20/h3,6-8,10,14-15,19-20,24,27H,2,4-5,9,11-13,16H2,1H3,(H2,26,28). The third-order valence-electron chi connectivity index (χ3n) is 7.00. The maximum atomic E-state index is 11.4. The van der Waals surface area contributed by atoms with Crippen molar-refractivity contribution in [1.29, 1.82) is 0 Å². The van der Waals surface area contributed by atoms with Crippen molar-refractivity contribution in [2.24, 2.45) is 23.5 Å². The van der Waals surface area contributed by atoms with Gasteiger partial charge < -0.3 is 11.1 Å². The number of hydrogen-bond acceptors (Lipinski definition) is 2. The number of hydrogen-bond donors (Lipinski definition) is 2. The van der Waals surface area contributed by atoms with Crippen LogP contribution < -0.4 is 11.1 Å². The van der Waals surface area contributed by atoms with Gasteiger partial charge >= 0.3 is 0 Å². The van der Waals surface area contributed by atoms with Gasteiger partial charge in [0.05, 0.1) is 0 Å². The topological polar surface area (TPSA) is 55.1 Å². The Balaban J connectivity index is 1.32. The largest absolute Gasteiger partial charge is 0.366 e. The van der Waals surface area contributed by atoms with Gasteiger partial charge in [0.1, 0.15) is 0 Å². The van der Waals surface area contributed by atoms with Crippen molar-refractivity contribution in [2.75, 3.05) is 6.54 Å². The lowest BCUT2D eigenvalue weighted by Gasteiger charge is -2.46. The molecule has 4 rings (SSSR count). The Labute approximate surface area is 168 Å². The molecule has 0 saturated heterocycles. The fourth-order valence-electron chi connectivity index (χ4n) is 5.31. The first-order valence-corrected chi connectivity index (χ1v) is 10.8. The summed E-state index contributed by atoms with van der Waals surface area (Å²) >= 11 is 0. The van der Waals surface area contributed by atoms with Crippen LogP contribution in [-0.2, 0) is 6.54 Å². The number of amides is 1. The summed E-state index contributed by atoms with van der Waals surface area (Å²) in [5.41, 5.74) is 10.7. The Bertz CT molecular complexity index is 844. The molecule has 2 saturated carbocycles. The van der Waals surface area contributed by atoms with Gasteiger partial charge in [-0.1, -0.05) is 49.6 Å². The van der Waals surface area contributed by atoms with Crippen molar-refractivity contribution >= 4 is 5.91 Å². The van der Waals surface area contributed by atoms with Crippen LogP contribution in [0.15, 0.2) is 42.5 Å². The first kappa shape index (κ1) is 19.2. The maximum absolute atomic E-state index is 11.4.